The molecule has 0 aliphatic carbocycles. The second-order valence-electron chi connectivity index (χ2n) is 3.30. The third-order valence-electron chi connectivity index (χ3n) is 1.94. The van der Waals surface area contributed by atoms with Crippen LogP contribution in [-0.2, 0) is 9.63 Å². The van der Waals surface area contributed by atoms with Crippen LogP contribution in [0.15, 0.2) is 0 Å². The minimum Gasteiger partial charge on any atom is -0.368 e. The van der Waals surface area contributed by atoms with Crippen LogP contribution in [0.1, 0.15) is 19.8 Å². The highest BCUT2D eigenvalue weighted by Crippen LogP contribution is 2.09. The Morgan fingerprint density at radius 2 is 2.50 bits per heavy atom. The van der Waals surface area contributed by atoms with Gasteiger partial charge < -0.3 is 10.6 Å². The Morgan fingerprint density at radius 1 is 1.75 bits per heavy atom. The highest BCUT2D eigenvalue weighted by molar-refractivity contribution is 5.69. The number of hydroxylamine groups is 2. The van der Waals surface area contributed by atoms with Gasteiger partial charge in [-0.15, -0.1) is 5.06 Å². The molecule has 0 aromatic carbocycles. The van der Waals surface area contributed by atoms with E-state index in [0.717, 1.165) is 19.5 Å². The molecule has 70 valence electrons. The van der Waals surface area contributed by atoms with Crippen LogP contribution in [0.5, 0.6) is 0 Å². The van der Waals surface area contributed by atoms with Crippen molar-refractivity contribution in [1.82, 2.24) is 5.06 Å². The summed E-state index contributed by atoms with van der Waals surface area (Å²) in [5, 5.41) is 1.71. The Bertz CT molecular complexity index is 161. The van der Waals surface area contributed by atoms with Gasteiger partial charge in [0.05, 0.1) is 0 Å². The number of hydrogen-bond donors (Lipinski definition) is 1. The molecule has 1 atom stereocenters. The van der Waals surface area contributed by atoms with Gasteiger partial charge in [-0.2, -0.15) is 0 Å². The van der Waals surface area contributed by atoms with E-state index < -0.39 is 0 Å². The highest BCUT2D eigenvalue weighted by Gasteiger charge is 2.19. The summed E-state index contributed by atoms with van der Waals surface area (Å²) in [5.74, 6) is 0.265. The maximum Gasteiger partial charge on any atom is 0.325 e. The molecule has 1 aliphatic rings. The van der Waals surface area contributed by atoms with Gasteiger partial charge in [-0.1, -0.05) is 6.92 Å². The third kappa shape index (κ3) is 2.79. The normalized spacial score (nSPS) is 22.0. The Labute approximate surface area is 72.6 Å². The van der Waals surface area contributed by atoms with Crippen LogP contribution < -0.4 is 5.73 Å². The lowest BCUT2D eigenvalue weighted by Gasteiger charge is -2.26. The van der Waals surface area contributed by atoms with E-state index in [9.17, 15) is 4.79 Å². The first-order valence-electron chi connectivity index (χ1n) is 4.38. The van der Waals surface area contributed by atoms with Crippen molar-refractivity contribution in [3.63, 3.8) is 0 Å². The molecular formula is C8H16N2O2. The first kappa shape index (κ1) is 9.48. The first-order valence-corrected chi connectivity index (χ1v) is 4.38. The summed E-state index contributed by atoms with van der Waals surface area (Å²) in [7, 11) is 0. The van der Waals surface area contributed by atoms with E-state index in [1.54, 1.807) is 5.06 Å². The van der Waals surface area contributed by atoms with Gasteiger partial charge in [0.2, 0.25) is 0 Å². The van der Waals surface area contributed by atoms with Gasteiger partial charge in [-0.05, 0) is 18.9 Å². The van der Waals surface area contributed by atoms with Gasteiger partial charge in [0, 0.05) is 19.5 Å². The van der Waals surface area contributed by atoms with Crippen molar-refractivity contribution in [2.75, 3.05) is 19.6 Å². The lowest BCUT2D eigenvalue weighted by atomic mass is 10.2. The highest BCUT2D eigenvalue weighted by atomic mass is 16.7. The Kier molecular flexibility index (Phi) is 3.49. The quantitative estimate of drug-likeness (QED) is 0.657. The fraction of sp³-hybridized carbons (Fsp3) is 0.875. The number of nitrogens with zero attached hydrogens (tertiary/aromatic N) is 1. The molecule has 1 heterocycles. The molecule has 1 unspecified atom stereocenters. The van der Waals surface area contributed by atoms with Crippen molar-refractivity contribution in [3.05, 3.63) is 0 Å². The smallest absolute Gasteiger partial charge is 0.325 e. The molecule has 12 heavy (non-hydrogen) atoms. The van der Waals surface area contributed by atoms with Crippen LogP contribution in [0.2, 0.25) is 0 Å². The van der Waals surface area contributed by atoms with Crippen molar-refractivity contribution in [3.8, 4) is 0 Å². The molecule has 4 nitrogen and oxygen atoms in total. The molecule has 1 saturated heterocycles. The molecule has 0 saturated carbocycles. The second kappa shape index (κ2) is 4.42. The monoisotopic (exact) mass is 172 g/mol. The van der Waals surface area contributed by atoms with Gasteiger partial charge in [-0.25, -0.2) is 0 Å². The second-order valence-corrected chi connectivity index (χ2v) is 3.30. The predicted octanol–water partition coefficient (Wildman–Crippen LogP) is 0.135. The lowest BCUT2D eigenvalue weighted by molar-refractivity contribution is -0.202. The van der Waals surface area contributed by atoms with Crippen molar-refractivity contribution < 1.29 is 9.63 Å². The summed E-state index contributed by atoms with van der Waals surface area (Å²) in [6.07, 6.45) is 1.45. The predicted molar refractivity (Wildman–Crippen MR) is 45.1 cm³/mol. The molecule has 1 rings (SSSR count). The van der Waals surface area contributed by atoms with Gasteiger partial charge in [0.15, 0.2) is 0 Å². The van der Waals surface area contributed by atoms with Crippen LogP contribution in [0.3, 0.4) is 0 Å². The van der Waals surface area contributed by atoms with Crippen LogP contribution in [-0.4, -0.2) is 30.7 Å². The summed E-state index contributed by atoms with van der Waals surface area (Å²) in [5.41, 5.74) is 5.46. The molecule has 4 heteroatoms. The van der Waals surface area contributed by atoms with Crippen LogP contribution >= 0.6 is 0 Å². The summed E-state index contributed by atoms with van der Waals surface area (Å²) in [6, 6.07) is 0. The standard InChI is InChI=1S/C8H16N2O2/c1-7(5-9)6-10-4-2-3-8(11)12-10/h7H,2-6,9H2,1H3. The van der Waals surface area contributed by atoms with Crippen LogP contribution in [0, 0.1) is 5.92 Å². The summed E-state index contributed by atoms with van der Waals surface area (Å²) >= 11 is 0. The lowest BCUT2D eigenvalue weighted by Crippen LogP contribution is -2.37. The summed E-state index contributed by atoms with van der Waals surface area (Å²) in [6.45, 7) is 4.27. The van der Waals surface area contributed by atoms with E-state index in [2.05, 4.69) is 0 Å². The van der Waals surface area contributed by atoms with Gasteiger partial charge in [0.1, 0.15) is 0 Å². The van der Waals surface area contributed by atoms with Gasteiger partial charge in [-0.3, -0.25) is 4.79 Å². The maximum atomic E-state index is 10.8. The zero-order chi connectivity index (χ0) is 8.97. The van der Waals surface area contributed by atoms with E-state index in [1.165, 1.54) is 0 Å². The first-order chi connectivity index (χ1) is 5.72. The Balaban J connectivity index is 2.27. The molecule has 2 N–H and O–H groups in total. The average molecular weight is 172 g/mol. The van der Waals surface area contributed by atoms with E-state index >= 15 is 0 Å². The molecule has 0 spiro atoms. The molecule has 0 radical (unpaired) electrons. The van der Waals surface area contributed by atoms with Gasteiger partial charge >= 0.3 is 5.97 Å². The Hall–Kier alpha value is -0.610. The van der Waals surface area contributed by atoms with E-state index in [4.69, 9.17) is 10.6 Å². The number of carbonyl (C=O) groups excluding carboxylic acids is 1. The largest absolute Gasteiger partial charge is 0.368 e. The molecular weight excluding hydrogens is 156 g/mol. The summed E-state index contributed by atoms with van der Waals surface area (Å²) < 4.78 is 0. The molecule has 0 aromatic rings. The fourth-order valence-corrected chi connectivity index (χ4v) is 1.19. The zero-order valence-corrected chi connectivity index (χ0v) is 7.45. The maximum absolute atomic E-state index is 10.8. The molecule has 1 fully saturated rings. The van der Waals surface area contributed by atoms with E-state index in [1.807, 2.05) is 6.92 Å². The minimum atomic E-state index is -0.120. The topological polar surface area (TPSA) is 55.6 Å². The van der Waals surface area contributed by atoms with Crippen LogP contribution in [0.25, 0.3) is 0 Å². The zero-order valence-electron chi connectivity index (χ0n) is 7.45. The Morgan fingerprint density at radius 3 is 3.08 bits per heavy atom. The minimum absolute atomic E-state index is 0.120. The van der Waals surface area contributed by atoms with Crippen molar-refractivity contribution >= 4 is 5.97 Å². The molecule has 0 aromatic heterocycles. The van der Waals surface area contributed by atoms with Crippen LogP contribution in [0.4, 0.5) is 0 Å². The third-order valence-corrected chi connectivity index (χ3v) is 1.94. The van der Waals surface area contributed by atoms with Crippen molar-refractivity contribution in [1.29, 1.82) is 0 Å². The van der Waals surface area contributed by atoms with Crippen molar-refractivity contribution in [2.24, 2.45) is 11.7 Å². The number of rotatable bonds is 3. The number of hydrogen-bond acceptors (Lipinski definition) is 4. The van der Waals surface area contributed by atoms with Crippen molar-refractivity contribution in [2.45, 2.75) is 19.8 Å². The molecule has 0 bridgehead atoms. The van der Waals surface area contributed by atoms with E-state index in [0.29, 0.717) is 18.9 Å². The molecule has 1 aliphatic heterocycles. The average Bonchev–Trinajstić information content (AvgIpc) is 2.04. The SMILES string of the molecule is CC(CN)CN1CCCC(=O)O1. The van der Waals surface area contributed by atoms with Gasteiger partial charge in [0.25, 0.3) is 0 Å². The number of carbonyl (C=O) groups is 1. The number of nitrogens with two attached hydrogens (primary N) is 1. The fourth-order valence-electron chi connectivity index (χ4n) is 1.19. The summed E-state index contributed by atoms with van der Waals surface area (Å²) in [4.78, 5) is 15.8. The van der Waals surface area contributed by atoms with E-state index in [-0.39, 0.29) is 5.97 Å². The molecule has 0 amide bonds.